The molecule has 1 N–H and O–H groups in total. The minimum Gasteiger partial charge on any atom is -0.392 e. The van der Waals surface area contributed by atoms with Crippen LogP contribution in [0.5, 0.6) is 0 Å². The largest absolute Gasteiger partial charge is 0.392 e. The molecule has 0 bridgehead atoms. The van der Waals surface area contributed by atoms with Crippen molar-refractivity contribution in [3.63, 3.8) is 0 Å². The molecule has 0 amide bonds. The van der Waals surface area contributed by atoms with E-state index in [9.17, 15) is 5.11 Å². The molecule has 4 heteroatoms. The smallest absolute Gasteiger partial charge is 0.112 e. The second-order valence-electron chi connectivity index (χ2n) is 9.77. The van der Waals surface area contributed by atoms with Crippen LogP contribution in [0.15, 0.2) is 0 Å². The maximum atomic E-state index is 11.0. The highest BCUT2D eigenvalue weighted by molar-refractivity contribution is 4.99. The predicted octanol–water partition coefficient (Wildman–Crippen LogP) is 3.80. The summed E-state index contributed by atoms with van der Waals surface area (Å²) >= 11 is 0. The monoisotopic (exact) mass is 366 g/mol. The van der Waals surface area contributed by atoms with Crippen molar-refractivity contribution in [1.29, 1.82) is 0 Å². The van der Waals surface area contributed by atoms with E-state index in [2.05, 4.69) is 13.8 Å². The van der Waals surface area contributed by atoms with Crippen molar-refractivity contribution < 1.29 is 19.3 Å². The molecule has 4 rings (SSSR count). The van der Waals surface area contributed by atoms with E-state index in [0.717, 1.165) is 31.3 Å². The van der Waals surface area contributed by atoms with Gasteiger partial charge in [-0.2, -0.15) is 0 Å². The van der Waals surface area contributed by atoms with E-state index in [0.29, 0.717) is 25.0 Å². The highest BCUT2D eigenvalue weighted by atomic mass is 16.6. The lowest BCUT2D eigenvalue weighted by molar-refractivity contribution is -0.0562. The SMILES string of the molecule is CC1CCC(COC2COC3C(C(O)C4CCC(C)CC4)COC23)CC1. The fourth-order valence-corrected chi connectivity index (χ4v) is 5.66. The number of hydrogen-bond donors (Lipinski definition) is 1. The van der Waals surface area contributed by atoms with Gasteiger partial charge in [0, 0.05) is 5.92 Å². The highest BCUT2D eigenvalue weighted by Gasteiger charge is 2.51. The van der Waals surface area contributed by atoms with E-state index in [1.54, 1.807) is 0 Å². The fraction of sp³-hybridized carbons (Fsp3) is 1.00. The number of fused-ring (bicyclic) bond motifs is 1. The van der Waals surface area contributed by atoms with Crippen LogP contribution in [0.4, 0.5) is 0 Å². The molecule has 2 saturated carbocycles. The van der Waals surface area contributed by atoms with Gasteiger partial charge in [-0.15, -0.1) is 0 Å². The van der Waals surface area contributed by atoms with Crippen molar-refractivity contribution in [2.24, 2.45) is 29.6 Å². The Labute approximate surface area is 159 Å². The van der Waals surface area contributed by atoms with Crippen molar-refractivity contribution >= 4 is 0 Å². The Morgan fingerprint density at radius 2 is 1.46 bits per heavy atom. The molecule has 2 aliphatic heterocycles. The van der Waals surface area contributed by atoms with E-state index in [1.165, 1.54) is 38.5 Å². The summed E-state index contributed by atoms with van der Waals surface area (Å²) < 4.78 is 18.4. The molecule has 4 aliphatic rings. The molecule has 2 saturated heterocycles. The number of hydrogen-bond acceptors (Lipinski definition) is 4. The van der Waals surface area contributed by atoms with E-state index >= 15 is 0 Å². The maximum Gasteiger partial charge on any atom is 0.112 e. The molecule has 0 radical (unpaired) electrons. The van der Waals surface area contributed by atoms with Gasteiger partial charge in [0.05, 0.1) is 32.0 Å². The molecule has 0 aromatic rings. The maximum absolute atomic E-state index is 11.0. The Hall–Kier alpha value is -0.160. The molecular weight excluding hydrogens is 328 g/mol. The zero-order valence-electron chi connectivity index (χ0n) is 16.6. The van der Waals surface area contributed by atoms with Crippen molar-refractivity contribution in [3.05, 3.63) is 0 Å². The topological polar surface area (TPSA) is 47.9 Å². The molecule has 26 heavy (non-hydrogen) atoms. The molecule has 150 valence electrons. The Morgan fingerprint density at radius 3 is 2.15 bits per heavy atom. The average molecular weight is 367 g/mol. The van der Waals surface area contributed by atoms with Gasteiger partial charge in [-0.1, -0.05) is 39.5 Å². The van der Waals surface area contributed by atoms with Gasteiger partial charge in [-0.25, -0.2) is 0 Å². The molecule has 0 aromatic carbocycles. The third-order valence-corrected chi connectivity index (χ3v) is 7.71. The highest BCUT2D eigenvalue weighted by Crippen LogP contribution is 2.40. The third-order valence-electron chi connectivity index (χ3n) is 7.71. The molecule has 0 spiro atoms. The van der Waals surface area contributed by atoms with Crippen LogP contribution in [-0.4, -0.2) is 49.3 Å². The minimum absolute atomic E-state index is 0.0275. The van der Waals surface area contributed by atoms with Crippen molar-refractivity contribution in [2.45, 2.75) is 89.6 Å². The summed E-state index contributed by atoms with van der Waals surface area (Å²) in [5, 5.41) is 11.0. The van der Waals surface area contributed by atoms with Crippen LogP contribution in [0, 0.1) is 29.6 Å². The van der Waals surface area contributed by atoms with Crippen molar-refractivity contribution in [1.82, 2.24) is 0 Å². The fourth-order valence-electron chi connectivity index (χ4n) is 5.66. The summed E-state index contributed by atoms with van der Waals surface area (Å²) in [4.78, 5) is 0. The first-order chi connectivity index (χ1) is 12.6. The molecular formula is C22H38O4. The molecule has 0 aromatic heterocycles. The number of ether oxygens (including phenoxy) is 3. The second-order valence-corrected chi connectivity index (χ2v) is 9.77. The third kappa shape index (κ3) is 4.14. The Kier molecular flexibility index (Phi) is 6.24. The van der Waals surface area contributed by atoms with E-state index < -0.39 is 0 Å². The van der Waals surface area contributed by atoms with Gasteiger partial charge >= 0.3 is 0 Å². The van der Waals surface area contributed by atoms with Gasteiger partial charge in [-0.05, 0) is 49.4 Å². The van der Waals surface area contributed by atoms with Gasteiger partial charge in [0.15, 0.2) is 0 Å². The Balaban J connectivity index is 1.26. The average Bonchev–Trinajstić information content (AvgIpc) is 3.24. The van der Waals surface area contributed by atoms with Crippen LogP contribution in [0.2, 0.25) is 0 Å². The first kappa shape index (κ1) is 19.2. The van der Waals surface area contributed by atoms with Crippen LogP contribution >= 0.6 is 0 Å². The number of rotatable bonds is 5. The second kappa shape index (κ2) is 8.46. The molecule has 2 heterocycles. The lowest BCUT2D eigenvalue weighted by Crippen LogP contribution is -2.40. The number of aliphatic hydroxyl groups is 1. The summed E-state index contributed by atoms with van der Waals surface area (Å²) in [5.41, 5.74) is 0. The van der Waals surface area contributed by atoms with E-state index in [-0.39, 0.29) is 30.3 Å². The van der Waals surface area contributed by atoms with Crippen molar-refractivity contribution in [2.75, 3.05) is 19.8 Å². The minimum atomic E-state index is -0.281. The molecule has 5 atom stereocenters. The van der Waals surface area contributed by atoms with Crippen LogP contribution in [0.3, 0.4) is 0 Å². The van der Waals surface area contributed by atoms with Gasteiger partial charge in [-0.3, -0.25) is 0 Å². The van der Waals surface area contributed by atoms with Gasteiger partial charge in [0.1, 0.15) is 12.2 Å². The predicted molar refractivity (Wildman–Crippen MR) is 101 cm³/mol. The van der Waals surface area contributed by atoms with Crippen LogP contribution in [-0.2, 0) is 14.2 Å². The van der Waals surface area contributed by atoms with E-state index in [1.807, 2.05) is 0 Å². The van der Waals surface area contributed by atoms with Gasteiger partial charge < -0.3 is 19.3 Å². The quantitative estimate of drug-likeness (QED) is 0.804. The molecule has 4 nitrogen and oxygen atoms in total. The first-order valence-electron chi connectivity index (χ1n) is 11.1. The standard InChI is InChI=1S/C22H38O4/c1-14-3-7-16(8-4-14)11-24-19-13-26-21-18(12-25-22(19)21)20(23)17-9-5-15(2)6-10-17/h14-23H,3-13H2,1-2H3. The first-order valence-corrected chi connectivity index (χ1v) is 11.1. The number of aliphatic hydroxyl groups excluding tert-OH is 1. The normalized spacial score (nSPS) is 47.7. The Morgan fingerprint density at radius 1 is 0.846 bits per heavy atom. The zero-order valence-corrected chi connectivity index (χ0v) is 16.6. The Bertz CT molecular complexity index is 439. The van der Waals surface area contributed by atoms with Crippen LogP contribution in [0.25, 0.3) is 0 Å². The summed E-state index contributed by atoms with van der Waals surface area (Å²) in [6.45, 7) is 6.79. The molecule has 5 unspecified atom stereocenters. The summed E-state index contributed by atoms with van der Waals surface area (Å²) in [6, 6.07) is 0. The molecule has 4 fully saturated rings. The van der Waals surface area contributed by atoms with Gasteiger partial charge in [0.25, 0.3) is 0 Å². The molecule has 2 aliphatic carbocycles. The summed E-state index contributed by atoms with van der Waals surface area (Å²) in [6.07, 6.45) is 9.90. The van der Waals surface area contributed by atoms with Gasteiger partial charge in [0.2, 0.25) is 0 Å². The van der Waals surface area contributed by atoms with E-state index in [4.69, 9.17) is 14.2 Å². The van der Waals surface area contributed by atoms with Crippen LogP contribution in [0.1, 0.15) is 65.2 Å². The van der Waals surface area contributed by atoms with Crippen LogP contribution < -0.4 is 0 Å². The lowest BCUT2D eigenvalue weighted by Gasteiger charge is -2.33. The zero-order chi connectivity index (χ0) is 18.1. The van der Waals surface area contributed by atoms with Crippen molar-refractivity contribution in [3.8, 4) is 0 Å². The lowest BCUT2D eigenvalue weighted by atomic mass is 9.76. The summed E-state index contributed by atoms with van der Waals surface area (Å²) in [5.74, 6) is 2.95. The summed E-state index contributed by atoms with van der Waals surface area (Å²) in [7, 11) is 0.